The maximum Gasteiger partial charge on any atom is 0.232 e. The third-order valence-corrected chi connectivity index (χ3v) is 6.10. The van der Waals surface area contributed by atoms with Crippen LogP contribution in [0.5, 0.6) is 5.75 Å². The largest absolute Gasteiger partial charge is 0.492 e. The third-order valence-electron chi connectivity index (χ3n) is 5.06. The zero-order valence-corrected chi connectivity index (χ0v) is 16.4. The number of rotatable bonds is 6. The number of hydrogen-bond donors (Lipinski definition) is 0. The van der Waals surface area contributed by atoms with Gasteiger partial charge in [-0.3, -0.25) is 9.69 Å². The van der Waals surface area contributed by atoms with Crippen molar-refractivity contribution in [3.63, 3.8) is 0 Å². The van der Waals surface area contributed by atoms with Crippen LogP contribution in [0.25, 0.3) is 10.2 Å². The van der Waals surface area contributed by atoms with Gasteiger partial charge in [0, 0.05) is 5.92 Å². The van der Waals surface area contributed by atoms with Gasteiger partial charge in [-0.1, -0.05) is 60.6 Å². The second kappa shape index (κ2) is 8.09. The van der Waals surface area contributed by atoms with Crippen LogP contribution in [0.1, 0.15) is 38.2 Å². The minimum absolute atomic E-state index is 0.118. The molecule has 1 aliphatic carbocycles. The van der Waals surface area contributed by atoms with E-state index in [0.717, 1.165) is 52.3 Å². The molecular formula is C22H24N2O2S. The Kier molecular flexibility index (Phi) is 5.39. The highest BCUT2D eigenvalue weighted by molar-refractivity contribution is 7.22. The van der Waals surface area contributed by atoms with E-state index in [9.17, 15) is 4.79 Å². The van der Waals surface area contributed by atoms with Crippen molar-refractivity contribution in [2.45, 2.75) is 39.2 Å². The first-order chi connectivity index (χ1) is 13.3. The van der Waals surface area contributed by atoms with Crippen molar-refractivity contribution < 1.29 is 9.53 Å². The molecular weight excluding hydrogens is 356 g/mol. The normalized spacial score (nSPS) is 14.6. The molecule has 3 aromatic rings. The van der Waals surface area contributed by atoms with Crippen molar-refractivity contribution in [2.75, 3.05) is 11.5 Å². The number of aromatic nitrogens is 1. The molecule has 0 spiro atoms. The van der Waals surface area contributed by atoms with Gasteiger partial charge in [-0.25, -0.2) is 4.98 Å². The zero-order valence-electron chi connectivity index (χ0n) is 15.6. The Hall–Kier alpha value is -2.40. The lowest BCUT2D eigenvalue weighted by molar-refractivity contribution is -0.122. The predicted octanol–water partition coefficient (Wildman–Crippen LogP) is 5.42. The first-order valence-corrected chi connectivity index (χ1v) is 10.5. The fraction of sp³-hybridized carbons (Fsp3) is 0.364. The minimum atomic E-state index is 0.118. The van der Waals surface area contributed by atoms with Crippen LogP contribution in [-0.2, 0) is 11.3 Å². The summed E-state index contributed by atoms with van der Waals surface area (Å²) in [5.74, 6) is 1.10. The number of ether oxygens (including phenoxy) is 1. The molecule has 0 aliphatic heterocycles. The summed E-state index contributed by atoms with van der Waals surface area (Å²) >= 11 is 1.57. The quantitative estimate of drug-likeness (QED) is 0.573. The summed E-state index contributed by atoms with van der Waals surface area (Å²) in [6, 6.07) is 16.1. The van der Waals surface area contributed by atoms with Crippen molar-refractivity contribution in [2.24, 2.45) is 5.92 Å². The number of thiazole rings is 1. The monoisotopic (exact) mass is 380 g/mol. The van der Waals surface area contributed by atoms with Crippen LogP contribution in [0.3, 0.4) is 0 Å². The van der Waals surface area contributed by atoms with Crippen molar-refractivity contribution in [1.82, 2.24) is 4.98 Å². The maximum absolute atomic E-state index is 13.3. The van der Waals surface area contributed by atoms with Crippen molar-refractivity contribution in [1.29, 1.82) is 0 Å². The minimum Gasteiger partial charge on any atom is -0.492 e. The summed E-state index contributed by atoms with van der Waals surface area (Å²) in [5.41, 5.74) is 1.96. The molecule has 1 aliphatic rings. The molecule has 1 amide bonds. The standard InChI is InChI=1S/C22H24N2O2S/c1-2-26-18-13-8-14-19-20(18)23-22(27-19)24(15-16-9-4-3-5-10-16)21(25)17-11-6-7-12-17/h3-5,8-10,13-14,17H,2,6-7,11-12,15H2,1H3. The number of carbonyl (C=O) groups excluding carboxylic acids is 1. The van der Waals surface area contributed by atoms with Crippen LogP contribution in [-0.4, -0.2) is 17.5 Å². The second-order valence-electron chi connectivity index (χ2n) is 6.92. The van der Waals surface area contributed by atoms with Gasteiger partial charge in [-0.15, -0.1) is 0 Å². The molecule has 4 nitrogen and oxygen atoms in total. The van der Waals surface area contributed by atoms with E-state index in [1.807, 2.05) is 48.2 Å². The van der Waals surface area contributed by atoms with E-state index in [0.29, 0.717) is 13.2 Å². The SMILES string of the molecule is CCOc1cccc2sc(N(Cc3ccccc3)C(=O)C3CCCC3)nc12. The average Bonchev–Trinajstić information content (AvgIpc) is 3.37. The molecule has 1 saturated carbocycles. The van der Waals surface area contributed by atoms with E-state index in [-0.39, 0.29) is 11.8 Å². The topological polar surface area (TPSA) is 42.4 Å². The van der Waals surface area contributed by atoms with E-state index >= 15 is 0 Å². The van der Waals surface area contributed by atoms with Gasteiger partial charge in [0.25, 0.3) is 0 Å². The van der Waals surface area contributed by atoms with Crippen LogP contribution >= 0.6 is 11.3 Å². The molecule has 0 bridgehead atoms. The van der Waals surface area contributed by atoms with Crippen molar-refractivity contribution in [3.05, 3.63) is 54.1 Å². The average molecular weight is 381 g/mol. The van der Waals surface area contributed by atoms with Gasteiger partial charge in [0.15, 0.2) is 5.13 Å². The summed E-state index contributed by atoms with van der Waals surface area (Å²) < 4.78 is 6.78. The highest BCUT2D eigenvalue weighted by Crippen LogP contribution is 2.37. The third kappa shape index (κ3) is 3.83. The molecule has 4 rings (SSSR count). The van der Waals surface area contributed by atoms with Gasteiger partial charge in [0.1, 0.15) is 11.3 Å². The maximum atomic E-state index is 13.3. The summed E-state index contributed by atoms with van der Waals surface area (Å²) in [6.45, 7) is 3.12. The number of carbonyl (C=O) groups is 1. The first-order valence-electron chi connectivity index (χ1n) is 9.64. The smallest absolute Gasteiger partial charge is 0.232 e. The lowest BCUT2D eigenvalue weighted by Gasteiger charge is -2.23. The number of anilines is 1. The molecule has 1 fully saturated rings. The van der Waals surface area contributed by atoms with E-state index < -0.39 is 0 Å². The number of fused-ring (bicyclic) bond motifs is 1. The molecule has 5 heteroatoms. The molecule has 0 N–H and O–H groups in total. The van der Waals surface area contributed by atoms with Gasteiger partial charge >= 0.3 is 0 Å². The van der Waals surface area contributed by atoms with Crippen LogP contribution in [0.15, 0.2) is 48.5 Å². The molecule has 140 valence electrons. The van der Waals surface area contributed by atoms with E-state index in [1.165, 1.54) is 0 Å². The molecule has 0 atom stereocenters. The molecule has 2 aromatic carbocycles. The van der Waals surface area contributed by atoms with Gasteiger partial charge in [0.2, 0.25) is 5.91 Å². The molecule has 0 saturated heterocycles. The molecule has 1 aromatic heterocycles. The van der Waals surface area contributed by atoms with Crippen molar-refractivity contribution in [3.8, 4) is 5.75 Å². The number of benzene rings is 2. The van der Waals surface area contributed by atoms with E-state index in [2.05, 4.69) is 12.1 Å². The fourth-order valence-electron chi connectivity index (χ4n) is 3.70. The summed E-state index contributed by atoms with van der Waals surface area (Å²) in [6.07, 6.45) is 4.26. The molecule has 1 heterocycles. The van der Waals surface area contributed by atoms with E-state index in [4.69, 9.17) is 9.72 Å². The van der Waals surface area contributed by atoms with Crippen LogP contribution in [0.4, 0.5) is 5.13 Å². The number of hydrogen-bond acceptors (Lipinski definition) is 4. The van der Waals surface area contributed by atoms with E-state index in [1.54, 1.807) is 11.3 Å². The Morgan fingerprint density at radius 2 is 1.93 bits per heavy atom. The summed E-state index contributed by atoms with van der Waals surface area (Å²) in [4.78, 5) is 20.0. The fourth-order valence-corrected chi connectivity index (χ4v) is 4.69. The molecule has 0 radical (unpaired) electrons. The molecule has 27 heavy (non-hydrogen) atoms. The Morgan fingerprint density at radius 1 is 1.15 bits per heavy atom. The Bertz CT molecular complexity index is 916. The summed E-state index contributed by atoms with van der Waals surface area (Å²) in [7, 11) is 0. The number of amides is 1. The highest BCUT2D eigenvalue weighted by atomic mass is 32.1. The zero-order chi connectivity index (χ0) is 18.6. The lowest BCUT2D eigenvalue weighted by Crippen LogP contribution is -2.34. The predicted molar refractivity (Wildman–Crippen MR) is 110 cm³/mol. The van der Waals surface area contributed by atoms with Gasteiger partial charge in [-0.05, 0) is 37.5 Å². The Balaban J connectivity index is 1.72. The van der Waals surface area contributed by atoms with Gasteiger partial charge in [0.05, 0.1) is 17.9 Å². The lowest BCUT2D eigenvalue weighted by atomic mass is 10.1. The van der Waals surface area contributed by atoms with Crippen LogP contribution < -0.4 is 9.64 Å². The van der Waals surface area contributed by atoms with Crippen LogP contribution in [0, 0.1) is 5.92 Å². The van der Waals surface area contributed by atoms with Gasteiger partial charge < -0.3 is 4.74 Å². The second-order valence-corrected chi connectivity index (χ2v) is 7.93. The van der Waals surface area contributed by atoms with Crippen LogP contribution in [0.2, 0.25) is 0 Å². The van der Waals surface area contributed by atoms with Gasteiger partial charge in [-0.2, -0.15) is 0 Å². The Labute approximate surface area is 163 Å². The number of para-hydroxylation sites is 1. The Morgan fingerprint density at radius 3 is 2.67 bits per heavy atom. The first kappa shape index (κ1) is 18.0. The summed E-state index contributed by atoms with van der Waals surface area (Å²) in [5, 5.41) is 0.762. The molecule has 0 unspecified atom stereocenters. The highest BCUT2D eigenvalue weighted by Gasteiger charge is 2.30. The van der Waals surface area contributed by atoms with Crippen molar-refractivity contribution >= 4 is 32.6 Å². The number of nitrogens with zero attached hydrogens (tertiary/aromatic N) is 2.